The SMILES string of the molecule is CNC(=O)C(Cc1ccccc1)N(Cc1ccc(Cl)cc1)C(=O)CN(c1ccc(OC)cc1)S(=O)(=O)c1ccc(C)c([N+](=O)[O-])c1. The van der Waals surface area contributed by atoms with Crippen molar-refractivity contribution in [3.05, 3.63) is 129 Å². The van der Waals surface area contributed by atoms with Gasteiger partial charge in [-0.15, -0.1) is 0 Å². The lowest BCUT2D eigenvalue weighted by Gasteiger charge is -2.33. The maximum absolute atomic E-state index is 14.4. The Labute approximate surface area is 272 Å². The van der Waals surface area contributed by atoms with E-state index in [0.717, 1.165) is 15.9 Å². The van der Waals surface area contributed by atoms with Gasteiger partial charge >= 0.3 is 0 Å². The highest BCUT2D eigenvalue weighted by atomic mass is 35.5. The van der Waals surface area contributed by atoms with Crippen LogP contribution in [0.1, 0.15) is 16.7 Å². The van der Waals surface area contributed by atoms with Gasteiger partial charge in [-0.3, -0.25) is 24.0 Å². The van der Waals surface area contributed by atoms with Crippen molar-refractivity contribution >= 4 is 44.8 Å². The monoisotopic (exact) mass is 664 g/mol. The van der Waals surface area contributed by atoms with E-state index in [1.165, 1.54) is 62.4 Å². The van der Waals surface area contributed by atoms with E-state index in [2.05, 4.69) is 5.32 Å². The first kappa shape index (κ1) is 33.9. The zero-order valence-electron chi connectivity index (χ0n) is 25.4. The molecular formula is C33H33ClN4O7S. The van der Waals surface area contributed by atoms with Gasteiger partial charge in [0, 0.05) is 36.7 Å². The molecule has 0 saturated carbocycles. The number of aryl methyl sites for hydroxylation is 1. The number of nitro groups is 1. The molecule has 0 aliphatic heterocycles. The summed E-state index contributed by atoms with van der Waals surface area (Å²) in [6.45, 7) is 0.749. The number of anilines is 1. The molecule has 0 aliphatic carbocycles. The third-order valence-electron chi connectivity index (χ3n) is 7.39. The number of carbonyl (C=O) groups excluding carboxylic acids is 2. The van der Waals surface area contributed by atoms with E-state index in [0.29, 0.717) is 16.3 Å². The van der Waals surface area contributed by atoms with Gasteiger partial charge in [-0.05, 0) is 60.5 Å². The molecule has 4 rings (SSSR count). The predicted octanol–water partition coefficient (Wildman–Crippen LogP) is 5.15. The number of rotatable bonds is 13. The minimum Gasteiger partial charge on any atom is -0.497 e. The Balaban J connectivity index is 1.82. The largest absolute Gasteiger partial charge is 0.497 e. The number of nitrogens with zero attached hydrogens (tertiary/aromatic N) is 3. The topological polar surface area (TPSA) is 139 Å². The number of amides is 2. The average molecular weight is 665 g/mol. The lowest BCUT2D eigenvalue weighted by Crippen LogP contribution is -2.53. The van der Waals surface area contributed by atoms with Crippen LogP contribution in [0.4, 0.5) is 11.4 Å². The number of methoxy groups -OCH3 is 1. The smallest absolute Gasteiger partial charge is 0.273 e. The number of ether oxygens (including phenoxy) is 1. The molecule has 0 saturated heterocycles. The van der Waals surface area contributed by atoms with Crippen LogP contribution in [0, 0.1) is 17.0 Å². The number of benzene rings is 4. The van der Waals surface area contributed by atoms with Crippen molar-refractivity contribution in [1.82, 2.24) is 10.2 Å². The summed E-state index contributed by atoms with van der Waals surface area (Å²) in [5.74, 6) is -0.676. The second kappa shape index (κ2) is 14.9. The minimum absolute atomic E-state index is 0.0343. The van der Waals surface area contributed by atoms with Gasteiger partial charge in [-0.25, -0.2) is 8.42 Å². The van der Waals surface area contributed by atoms with Crippen molar-refractivity contribution in [2.24, 2.45) is 0 Å². The highest BCUT2D eigenvalue weighted by Gasteiger charge is 2.35. The fourth-order valence-corrected chi connectivity index (χ4v) is 6.42. The number of halogens is 1. The molecule has 46 heavy (non-hydrogen) atoms. The Hall–Kier alpha value is -4.94. The van der Waals surface area contributed by atoms with Gasteiger partial charge in [0.05, 0.1) is 22.6 Å². The zero-order valence-corrected chi connectivity index (χ0v) is 27.0. The van der Waals surface area contributed by atoms with Crippen LogP contribution in [-0.2, 0) is 32.6 Å². The molecule has 1 N–H and O–H groups in total. The van der Waals surface area contributed by atoms with E-state index in [1.807, 2.05) is 30.3 Å². The number of hydrogen-bond acceptors (Lipinski definition) is 7. The maximum Gasteiger partial charge on any atom is 0.273 e. The summed E-state index contributed by atoms with van der Waals surface area (Å²) < 4.78 is 34.5. The number of nitro benzene ring substituents is 1. The normalized spacial score (nSPS) is 11.7. The molecule has 2 amide bonds. The van der Waals surface area contributed by atoms with Crippen LogP contribution in [0.2, 0.25) is 5.02 Å². The summed E-state index contributed by atoms with van der Waals surface area (Å²) in [7, 11) is -1.62. The van der Waals surface area contributed by atoms with Crippen molar-refractivity contribution in [3.63, 3.8) is 0 Å². The van der Waals surface area contributed by atoms with Crippen LogP contribution in [0.5, 0.6) is 5.75 Å². The zero-order chi connectivity index (χ0) is 33.4. The second-order valence-corrected chi connectivity index (χ2v) is 12.7. The summed E-state index contributed by atoms with van der Waals surface area (Å²) in [6.07, 6.45) is 0.152. The molecule has 0 bridgehead atoms. The number of sulfonamides is 1. The van der Waals surface area contributed by atoms with Gasteiger partial charge in [0.15, 0.2) is 0 Å². The summed E-state index contributed by atoms with van der Waals surface area (Å²) >= 11 is 6.09. The Kier molecular flexibility index (Phi) is 11.0. The third kappa shape index (κ3) is 8.01. The Morgan fingerprint density at radius 3 is 2.20 bits per heavy atom. The molecule has 11 nitrogen and oxygen atoms in total. The summed E-state index contributed by atoms with van der Waals surface area (Å²) in [4.78, 5) is 39.7. The van der Waals surface area contributed by atoms with Gasteiger partial charge in [0.25, 0.3) is 15.7 Å². The van der Waals surface area contributed by atoms with Crippen LogP contribution < -0.4 is 14.4 Å². The van der Waals surface area contributed by atoms with E-state index >= 15 is 0 Å². The Bertz CT molecular complexity index is 1800. The van der Waals surface area contributed by atoms with E-state index in [4.69, 9.17) is 16.3 Å². The fourth-order valence-electron chi connectivity index (χ4n) is 4.86. The van der Waals surface area contributed by atoms with Gasteiger partial charge in [0.2, 0.25) is 11.8 Å². The fraction of sp³-hybridized carbons (Fsp3) is 0.212. The average Bonchev–Trinajstić information content (AvgIpc) is 3.06. The van der Waals surface area contributed by atoms with Crippen molar-refractivity contribution in [3.8, 4) is 5.75 Å². The molecule has 0 aromatic heterocycles. The standard InChI is InChI=1S/C33H33ClN4O7S/c1-23-9-18-29(20-30(23)38(41)42)46(43,44)37(27-14-16-28(45-3)17-15-27)22-32(39)36(21-25-10-12-26(34)13-11-25)31(33(40)35-2)19-24-7-5-4-6-8-24/h4-18,20,31H,19,21-22H2,1-3H3,(H,35,40). The Morgan fingerprint density at radius 1 is 0.957 bits per heavy atom. The number of hydrogen-bond donors (Lipinski definition) is 1. The predicted molar refractivity (Wildman–Crippen MR) is 175 cm³/mol. The molecule has 4 aromatic carbocycles. The highest BCUT2D eigenvalue weighted by Crippen LogP contribution is 2.30. The van der Waals surface area contributed by atoms with Gasteiger partial charge in [-0.1, -0.05) is 60.1 Å². The molecule has 0 fully saturated rings. The Morgan fingerprint density at radius 2 is 1.61 bits per heavy atom. The summed E-state index contributed by atoms with van der Waals surface area (Å²) in [5, 5.41) is 14.8. The van der Waals surface area contributed by atoms with E-state index < -0.39 is 39.3 Å². The van der Waals surface area contributed by atoms with Crippen molar-refractivity contribution in [2.45, 2.75) is 30.8 Å². The van der Waals surface area contributed by atoms with Crippen LogP contribution >= 0.6 is 11.6 Å². The van der Waals surface area contributed by atoms with E-state index in [9.17, 15) is 28.1 Å². The molecule has 1 atom stereocenters. The lowest BCUT2D eigenvalue weighted by molar-refractivity contribution is -0.385. The summed E-state index contributed by atoms with van der Waals surface area (Å²) in [5.41, 5.74) is 1.46. The molecule has 0 heterocycles. The quantitative estimate of drug-likeness (QED) is 0.154. The highest BCUT2D eigenvalue weighted by molar-refractivity contribution is 7.92. The van der Waals surface area contributed by atoms with Gasteiger partial charge in [0.1, 0.15) is 18.3 Å². The molecule has 4 aromatic rings. The van der Waals surface area contributed by atoms with Crippen molar-refractivity contribution < 1.29 is 27.7 Å². The third-order valence-corrected chi connectivity index (χ3v) is 9.41. The van der Waals surface area contributed by atoms with Gasteiger partial charge < -0.3 is 15.0 Å². The van der Waals surface area contributed by atoms with Crippen LogP contribution in [0.15, 0.2) is 102 Å². The van der Waals surface area contributed by atoms with Crippen molar-refractivity contribution in [2.75, 3.05) is 25.0 Å². The second-order valence-electron chi connectivity index (χ2n) is 10.4. The first-order valence-corrected chi connectivity index (χ1v) is 16.0. The number of nitrogens with one attached hydrogen (secondary N) is 1. The molecule has 13 heteroatoms. The van der Waals surface area contributed by atoms with Gasteiger partial charge in [-0.2, -0.15) is 0 Å². The first-order valence-electron chi connectivity index (χ1n) is 14.2. The van der Waals surface area contributed by atoms with Crippen molar-refractivity contribution in [1.29, 1.82) is 0 Å². The molecular weight excluding hydrogens is 632 g/mol. The molecule has 0 spiro atoms. The van der Waals surface area contributed by atoms with Crippen LogP contribution in [0.25, 0.3) is 0 Å². The summed E-state index contributed by atoms with van der Waals surface area (Å²) in [6, 6.07) is 24.4. The van der Waals surface area contributed by atoms with Crippen LogP contribution in [-0.4, -0.2) is 56.8 Å². The molecule has 1 unspecified atom stereocenters. The van der Waals surface area contributed by atoms with E-state index in [-0.39, 0.29) is 34.8 Å². The minimum atomic E-state index is -4.54. The number of carbonyl (C=O) groups is 2. The number of likely N-dealkylation sites (N-methyl/N-ethyl adjacent to an activating group) is 1. The molecule has 0 aliphatic rings. The molecule has 0 radical (unpaired) electrons. The molecule has 240 valence electrons. The first-order chi connectivity index (χ1) is 21.9. The maximum atomic E-state index is 14.4. The van der Waals surface area contributed by atoms with E-state index in [1.54, 1.807) is 24.3 Å². The lowest BCUT2D eigenvalue weighted by atomic mass is 10.0. The van der Waals surface area contributed by atoms with Crippen LogP contribution in [0.3, 0.4) is 0 Å².